The maximum atomic E-state index is 11.7. The summed E-state index contributed by atoms with van der Waals surface area (Å²) in [6.45, 7) is 5.60. The van der Waals surface area contributed by atoms with Gasteiger partial charge in [-0.1, -0.05) is 18.2 Å². The second-order valence-corrected chi connectivity index (χ2v) is 5.88. The Balaban J connectivity index is 1.59. The molecule has 2 amide bonds. The topological polar surface area (TPSA) is 59.6 Å². The first-order valence-corrected chi connectivity index (χ1v) is 8.43. The van der Waals surface area contributed by atoms with E-state index in [1.807, 2.05) is 42.5 Å². The number of carbonyl (C=O) groups is 1. The third-order valence-electron chi connectivity index (χ3n) is 3.99. The van der Waals surface area contributed by atoms with Gasteiger partial charge in [-0.2, -0.15) is 0 Å². The van der Waals surface area contributed by atoms with Crippen molar-refractivity contribution in [2.75, 3.05) is 26.8 Å². The molecule has 25 heavy (non-hydrogen) atoms. The number of rotatable bonds is 8. The normalized spacial score (nSPS) is 10.2. The van der Waals surface area contributed by atoms with Crippen LogP contribution >= 0.6 is 0 Å². The zero-order valence-corrected chi connectivity index (χ0v) is 15.1. The fourth-order valence-corrected chi connectivity index (χ4v) is 2.31. The maximum Gasteiger partial charge on any atom is 0.314 e. The average Bonchev–Trinajstić information content (AvgIpc) is 2.62. The highest BCUT2D eigenvalue weighted by atomic mass is 16.5. The molecule has 0 heterocycles. The number of urea groups is 1. The smallest absolute Gasteiger partial charge is 0.314 e. The van der Waals surface area contributed by atoms with Crippen LogP contribution in [0.1, 0.15) is 16.7 Å². The van der Waals surface area contributed by atoms with Crippen LogP contribution in [0.25, 0.3) is 0 Å². The van der Waals surface area contributed by atoms with Gasteiger partial charge in [0, 0.05) is 6.54 Å². The van der Waals surface area contributed by atoms with E-state index in [0.717, 1.165) is 23.5 Å². The summed E-state index contributed by atoms with van der Waals surface area (Å²) >= 11 is 0. The van der Waals surface area contributed by atoms with Crippen molar-refractivity contribution in [3.63, 3.8) is 0 Å². The minimum Gasteiger partial charge on any atom is -0.497 e. The van der Waals surface area contributed by atoms with Crippen molar-refractivity contribution >= 4 is 6.03 Å². The van der Waals surface area contributed by atoms with Gasteiger partial charge in [-0.05, 0) is 61.2 Å². The molecule has 5 nitrogen and oxygen atoms in total. The molecule has 0 saturated carbocycles. The van der Waals surface area contributed by atoms with Crippen molar-refractivity contribution < 1.29 is 14.3 Å². The van der Waals surface area contributed by atoms with Crippen LogP contribution < -0.4 is 20.1 Å². The number of amides is 2. The molecule has 0 aliphatic rings. The van der Waals surface area contributed by atoms with Crippen LogP contribution in [0.5, 0.6) is 11.5 Å². The first-order chi connectivity index (χ1) is 12.1. The van der Waals surface area contributed by atoms with E-state index < -0.39 is 0 Å². The summed E-state index contributed by atoms with van der Waals surface area (Å²) in [4.78, 5) is 11.7. The van der Waals surface area contributed by atoms with E-state index in [4.69, 9.17) is 9.47 Å². The Bertz CT molecular complexity index is 684. The van der Waals surface area contributed by atoms with Gasteiger partial charge in [-0.15, -0.1) is 0 Å². The summed E-state index contributed by atoms with van der Waals surface area (Å²) in [6.07, 6.45) is 0.774. The molecule has 2 aromatic rings. The molecule has 0 aromatic heterocycles. The number of methoxy groups -OCH3 is 1. The van der Waals surface area contributed by atoms with Gasteiger partial charge in [-0.25, -0.2) is 4.79 Å². The molecule has 5 heteroatoms. The van der Waals surface area contributed by atoms with Gasteiger partial charge >= 0.3 is 6.03 Å². The first-order valence-electron chi connectivity index (χ1n) is 8.43. The highest BCUT2D eigenvalue weighted by Crippen LogP contribution is 2.16. The fraction of sp³-hybridized carbons (Fsp3) is 0.350. The molecule has 0 aliphatic heterocycles. The highest BCUT2D eigenvalue weighted by Gasteiger charge is 2.01. The summed E-state index contributed by atoms with van der Waals surface area (Å²) in [5.74, 6) is 1.66. The molecule has 0 radical (unpaired) electrons. The van der Waals surface area contributed by atoms with Crippen LogP contribution in [-0.4, -0.2) is 32.8 Å². The molecular weight excluding hydrogens is 316 g/mol. The van der Waals surface area contributed by atoms with Crippen LogP contribution in [0.4, 0.5) is 4.79 Å². The number of carbonyl (C=O) groups excluding carboxylic acids is 1. The SMILES string of the molecule is COc1ccc(CCNC(=O)NCCOc2ccc(C)c(C)c2)cc1. The number of nitrogens with one attached hydrogen (secondary N) is 2. The Morgan fingerprint density at radius 1 is 0.920 bits per heavy atom. The van der Waals surface area contributed by atoms with Crippen LogP contribution in [0.3, 0.4) is 0 Å². The van der Waals surface area contributed by atoms with Gasteiger partial charge in [0.15, 0.2) is 0 Å². The molecule has 0 atom stereocenters. The fourth-order valence-electron chi connectivity index (χ4n) is 2.31. The quantitative estimate of drug-likeness (QED) is 0.724. The second kappa shape index (κ2) is 9.57. The van der Waals surface area contributed by atoms with Crippen LogP contribution in [0, 0.1) is 13.8 Å². The first kappa shape index (κ1) is 18.6. The molecular formula is C20H26N2O3. The van der Waals surface area contributed by atoms with E-state index in [0.29, 0.717) is 19.7 Å². The summed E-state index contributed by atoms with van der Waals surface area (Å²) in [5, 5.41) is 5.63. The Hall–Kier alpha value is -2.69. The standard InChI is InChI=1S/C20H26N2O3/c1-15-4-7-19(14-16(15)2)25-13-12-22-20(23)21-11-10-17-5-8-18(24-3)9-6-17/h4-9,14H,10-13H2,1-3H3,(H2,21,22,23). The number of benzene rings is 2. The van der Waals surface area contributed by atoms with E-state index >= 15 is 0 Å². The Morgan fingerprint density at radius 2 is 1.60 bits per heavy atom. The van der Waals surface area contributed by atoms with Gasteiger partial charge in [0.2, 0.25) is 0 Å². The lowest BCUT2D eigenvalue weighted by Crippen LogP contribution is -2.38. The second-order valence-electron chi connectivity index (χ2n) is 5.88. The van der Waals surface area contributed by atoms with Crippen LogP contribution in [0.2, 0.25) is 0 Å². The van der Waals surface area contributed by atoms with Crippen molar-refractivity contribution in [2.45, 2.75) is 20.3 Å². The van der Waals surface area contributed by atoms with E-state index in [1.165, 1.54) is 11.1 Å². The molecule has 0 saturated heterocycles. The van der Waals surface area contributed by atoms with Crippen LogP contribution in [0.15, 0.2) is 42.5 Å². The Labute approximate surface area is 149 Å². The zero-order chi connectivity index (χ0) is 18.1. The van der Waals surface area contributed by atoms with Crippen molar-refractivity contribution in [1.29, 1.82) is 0 Å². The summed E-state index contributed by atoms with van der Waals surface area (Å²) in [6, 6.07) is 13.6. The molecule has 0 spiro atoms. The third-order valence-corrected chi connectivity index (χ3v) is 3.99. The molecule has 0 aliphatic carbocycles. The molecule has 2 N–H and O–H groups in total. The highest BCUT2D eigenvalue weighted by molar-refractivity contribution is 5.73. The van der Waals surface area contributed by atoms with E-state index in [-0.39, 0.29) is 6.03 Å². The van der Waals surface area contributed by atoms with E-state index in [1.54, 1.807) is 7.11 Å². The minimum atomic E-state index is -0.183. The van der Waals surface area contributed by atoms with Gasteiger partial charge in [0.05, 0.1) is 13.7 Å². The lowest BCUT2D eigenvalue weighted by Gasteiger charge is -2.10. The van der Waals surface area contributed by atoms with Crippen molar-refractivity contribution in [3.05, 3.63) is 59.2 Å². The van der Waals surface area contributed by atoms with Gasteiger partial charge in [0.25, 0.3) is 0 Å². The number of ether oxygens (including phenoxy) is 2. The van der Waals surface area contributed by atoms with E-state index in [2.05, 4.69) is 24.5 Å². The monoisotopic (exact) mass is 342 g/mol. The number of aryl methyl sites for hydroxylation is 2. The predicted octanol–water partition coefficient (Wildman–Crippen LogP) is 3.23. The lowest BCUT2D eigenvalue weighted by molar-refractivity contribution is 0.236. The largest absolute Gasteiger partial charge is 0.497 e. The van der Waals surface area contributed by atoms with Crippen LogP contribution in [-0.2, 0) is 6.42 Å². The molecule has 0 unspecified atom stereocenters. The van der Waals surface area contributed by atoms with Gasteiger partial charge < -0.3 is 20.1 Å². The molecule has 0 bridgehead atoms. The predicted molar refractivity (Wildman–Crippen MR) is 99.5 cm³/mol. The van der Waals surface area contributed by atoms with E-state index in [9.17, 15) is 4.79 Å². The number of hydrogen-bond donors (Lipinski definition) is 2. The third kappa shape index (κ3) is 6.37. The Kier molecular flexibility index (Phi) is 7.14. The molecule has 134 valence electrons. The molecule has 2 aromatic carbocycles. The van der Waals surface area contributed by atoms with Crippen molar-refractivity contribution in [2.24, 2.45) is 0 Å². The summed E-state index contributed by atoms with van der Waals surface area (Å²) in [5.41, 5.74) is 3.59. The van der Waals surface area contributed by atoms with Gasteiger partial charge in [-0.3, -0.25) is 0 Å². The Morgan fingerprint density at radius 3 is 2.28 bits per heavy atom. The maximum absolute atomic E-state index is 11.7. The summed E-state index contributed by atoms with van der Waals surface area (Å²) in [7, 11) is 1.64. The summed E-state index contributed by atoms with van der Waals surface area (Å²) < 4.78 is 10.8. The van der Waals surface area contributed by atoms with Crippen molar-refractivity contribution in [1.82, 2.24) is 10.6 Å². The minimum absolute atomic E-state index is 0.183. The zero-order valence-electron chi connectivity index (χ0n) is 15.1. The van der Waals surface area contributed by atoms with Gasteiger partial charge in [0.1, 0.15) is 18.1 Å². The van der Waals surface area contributed by atoms with Crippen molar-refractivity contribution in [3.8, 4) is 11.5 Å². The molecule has 0 fully saturated rings. The number of hydrogen-bond acceptors (Lipinski definition) is 3. The average molecular weight is 342 g/mol. The molecule has 2 rings (SSSR count). The lowest BCUT2D eigenvalue weighted by atomic mass is 10.1.